The summed E-state index contributed by atoms with van der Waals surface area (Å²) in [5.74, 6) is -2.65. The number of carbonyl (C=O) groups is 2. The van der Waals surface area contributed by atoms with E-state index >= 15 is 0 Å². The molecule has 1 amide bonds. The SMILES string of the molecule is Cc1cc(N=Nc2ccc(-c3ccc(N=Nc4ccc(O)cc4)cc3)cc2)c(NC(=O)C(=O)O)cc1N. The average Bonchev–Trinajstić information content (AvgIpc) is 2.90. The molecule has 4 rings (SSSR count). The fraction of sp³-hybridized carbons (Fsp3) is 0.0370. The first kappa shape index (κ1) is 24.7. The number of phenols is 1. The normalized spacial score (nSPS) is 11.2. The number of azo groups is 2. The molecule has 0 fully saturated rings. The Balaban J connectivity index is 1.47. The maximum Gasteiger partial charge on any atom is 0.394 e. The number of aryl methyl sites for hydroxylation is 1. The number of nitrogen functional groups attached to an aromatic ring is 1. The molecule has 0 aliphatic rings. The number of carboxylic acid groups (broad SMARTS) is 1. The first-order valence-electron chi connectivity index (χ1n) is 11.1. The van der Waals surface area contributed by atoms with Crippen molar-refractivity contribution in [3.63, 3.8) is 0 Å². The van der Waals surface area contributed by atoms with Gasteiger partial charge in [-0.2, -0.15) is 15.3 Å². The Kier molecular flexibility index (Phi) is 7.29. The molecule has 4 aromatic carbocycles. The summed E-state index contributed by atoms with van der Waals surface area (Å²) < 4.78 is 0. The van der Waals surface area contributed by atoms with E-state index in [1.165, 1.54) is 6.07 Å². The van der Waals surface area contributed by atoms with Crippen molar-refractivity contribution in [3.05, 3.63) is 90.5 Å². The molecule has 0 spiro atoms. The zero-order chi connectivity index (χ0) is 26.4. The minimum atomic E-state index is -1.62. The summed E-state index contributed by atoms with van der Waals surface area (Å²) in [6.07, 6.45) is 0. The third-order valence-electron chi connectivity index (χ3n) is 5.30. The fourth-order valence-electron chi connectivity index (χ4n) is 3.26. The molecular formula is C27H22N6O4. The number of carboxylic acids is 1. The number of benzene rings is 4. The number of nitrogens with two attached hydrogens (primary N) is 1. The number of rotatable bonds is 6. The molecule has 0 atom stereocenters. The van der Waals surface area contributed by atoms with E-state index in [1.807, 2.05) is 36.4 Å². The Morgan fingerprint density at radius 2 is 1.19 bits per heavy atom. The predicted molar refractivity (Wildman–Crippen MR) is 140 cm³/mol. The quantitative estimate of drug-likeness (QED) is 0.131. The third-order valence-corrected chi connectivity index (χ3v) is 5.30. The number of hydrogen-bond donors (Lipinski definition) is 4. The highest BCUT2D eigenvalue weighted by atomic mass is 16.4. The summed E-state index contributed by atoms with van der Waals surface area (Å²) in [6.45, 7) is 1.77. The van der Waals surface area contributed by atoms with Gasteiger partial charge in [-0.15, -0.1) is 5.11 Å². The number of hydrogen-bond acceptors (Lipinski definition) is 8. The monoisotopic (exact) mass is 494 g/mol. The largest absolute Gasteiger partial charge is 0.508 e. The summed E-state index contributed by atoms with van der Waals surface area (Å²) in [5.41, 5.74) is 11.2. The van der Waals surface area contributed by atoms with Crippen LogP contribution in [0.15, 0.2) is 105 Å². The van der Waals surface area contributed by atoms with E-state index in [1.54, 1.807) is 49.4 Å². The number of aliphatic carboxylic acids is 1. The second-order valence-electron chi connectivity index (χ2n) is 8.00. The molecule has 10 heteroatoms. The molecular weight excluding hydrogens is 472 g/mol. The van der Waals surface area contributed by atoms with E-state index in [0.29, 0.717) is 28.3 Å². The van der Waals surface area contributed by atoms with Crippen LogP contribution in [0.25, 0.3) is 11.1 Å². The Morgan fingerprint density at radius 1 is 0.730 bits per heavy atom. The molecule has 5 N–H and O–H groups in total. The summed E-state index contributed by atoms with van der Waals surface area (Å²) in [6, 6.07) is 24.4. The van der Waals surface area contributed by atoms with Crippen LogP contribution in [0.4, 0.5) is 34.1 Å². The molecule has 10 nitrogen and oxygen atoms in total. The molecule has 0 bridgehead atoms. The van der Waals surface area contributed by atoms with Crippen molar-refractivity contribution in [1.29, 1.82) is 0 Å². The van der Waals surface area contributed by atoms with Crippen molar-refractivity contribution in [1.82, 2.24) is 0 Å². The van der Waals surface area contributed by atoms with Crippen LogP contribution in [0, 0.1) is 6.92 Å². The van der Waals surface area contributed by atoms with Crippen molar-refractivity contribution in [2.24, 2.45) is 20.5 Å². The lowest BCUT2D eigenvalue weighted by atomic mass is 10.1. The molecule has 0 radical (unpaired) electrons. The van der Waals surface area contributed by atoms with Gasteiger partial charge in [-0.25, -0.2) is 4.79 Å². The number of anilines is 2. The minimum Gasteiger partial charge on any atom is -0.508 e. The number of carbonyl (C=O) groups excluding carboxylic acids is 1. The summed E-state index contributed by atoms with van der Waals surface area (Å²) in [4.78, 5) is 22.5. The second-order valence-corrected chi connectivity index (χ2v) is 8.00. The average molecular weight is 495 g/mol. The lowest BCUT2D eigenvalue weighted by Crippen LogP contribution is -2.22. The van der Waals surface area contributed by atoms with Gasteiger partial charge in [-0.05, 0) is 84.3 Å². The number of nitrogens with zero attached hydrogens (tertiary/aromatic N) is 4. The Morgan fingerprint density at radius 3 is 1.68 bits per heavy atom. The number of nitrogens with one attached hydrogen (secondary N) is 1. The van der Waals surface area contributed by atoms with Gasteiger partial charge in [0.25, 0.3) is 0 Å². The van der Waals surface area contributed by atoms with E-state index in [2.05, 4.69) is 25.8 Å². The maximum atomic E-state index is 11.6. The highest BCUT2D eigenvalue weighted by molar-refractivity contribution is 6.36. The van der Waals surface area contributed by atoms with Crippen LogP contribution in [0.5, 0.6) is 5.75 Å². The maximum absolute atomic E-state index is 11.6. The van der Waals surface area contributed by atoms with Crippen LogP contribution >= 0.6 is 0 Å². The molecule has 0 aliphatic heterocycles. The second kappa shape index (κ2) is 10.9. The number of aromatic hydroxyl groups is 1. The van der Waals surface area contributed by atoms with Crippen LogP contribution in [-0.2, 0) is 9.59 Å². The molecule has 0 aliphatic carbocycles. The van der Waals surface area contributed by atoms with Crippen molar-refractivity contribution in [3.8, 4) is 16.9 Å². The Bertz CT molecular complexity index is 1500. The van der Waals surface area contributed by atoms with Crippen molar-refractivity contribution in [2.75, 3.05) is 11.1 Å². The zero-order valence-corrected chi connectivity index (χ0v) is 19.7. The van der Waals surface area contributed by atoms with Crippen LogP contribution in [0.3, 0.4) is 0 Å². The van der Waals surface area contributed by atoms with Gasteiger partial charge in [0.2, 0.25) is 0 Å². The van der Waals surface area contributed by atoms with E-state index in [-0.39, 0.29) is 17.1 Å². The van der Waals surface area contributed by atoms with E-state index < -0.39 is 11.9 Å². The molecule has 184 valence electrons. The van der Waals surface area contributed by atoms with Gasteiger partial charge in [0, 0.05) is 5.69 Å². The Hall–Kier alpha value is -5.38. The van der Waals surface area contributed by atoms with Gasteiger partial charge < -0.3 is 21.3 Å². The first-order chi connectivity index (χ1) is 17.8. The van der Waals surface area contributed by atoms with E-state index in [9.17, 15) is 14.7 Å². The van der Waals surface area contributed by atoms with Crippen LogP contribution < -0.4 is 11.1 Å². The number of phenolic OH excluding ortho intramolecular Hbond substituents is 1. The smallest absolute Gasteiger partial charge is 0.394 e. The van der Waals surface area contributed by atoms with Gasteiger partial charge in [0.15, 0.2) is 0 Å². The molecule has 0 heterocycles. The molecule has 0 saturated carbocycles. The summed E-state index contributed by atoms with van der Waals surface area (Å²) >= 11 is 0. The van der Waals surface area contributed by atoms with Gasteiger partial charge in [-0.3, -0.25) is 4.79 Å². The highest BCUT2D eigenvalue weighted by Gasteiger charge is 2.15. The predicted octanol–water partition coefficient (Wildman–Crippen LogP) is 6.80. The first-order valence-corrected chi connectivity index (χ1v) is 11.1. The standard InChI is InChI=1S/C27H22N6O4/c1-16-14-25(24(15-23(16)28)29-26(35)27(36)37)33-32-20-8-4-18(5-9-20)17-2-6-19(7-3-17)30-31-21-10-12-22(34)13-11-21/h2-15,34H,28H2,1H3,(H,29,35)(H,36,37). The molecule has 4 aromatic rings. The third kappa shape index (κ3) is 6.40. The van der Waals surface area contributed by atoms with Crippen LogP contribution in [0.1, 0.15) is 5.56 Å². The van der Waals surface area contributed by atoms with Gasteiger partial charge in [0.05, 0.1) is 22.7 Å². The topological polar surface area (TPSA) is 162 Å². The molecule has 0 unspecified atom stereocenters. The van der Waals surface area contributed by atoms with E-state index in [0.717, 1.165) is 11.1 Å². The molecule has 0 saturated heterocycles. The van der Waals surface area contributed by atoms with Gasteiger partial charge >= 0.3 is 11.9 Å². The van der Waals surface area contributed by atoms with Crippen molar-refractivity contribution >= 4 is 46.0 Å². The molecule has 37 heavy (non-hydrogen) atoms. The lowest BCUT2D eigenvalue weighted by Gasteiger charge is -2.09. The van der Waals surface area contributed by atoms with Gasteiger partial charge in [0.1, 0.15) is 11.4 Å². The minimum absolute atomic E-state index is 0.151. The summed E-state index contributed by atoms with van der Waals surface area (Å²) in [5, 5.41) is 37.2. The van der Waals surface area contributed by atoms with Crippen molar-refractivity contribution in [2.45, 2.75) is 6.92 Å². The number of amides is 1. The van der Waals surface area contributed by atoms with Crippen LogP contribution in [-0.4, -0.2) is 22.1 Å². The van der Waals surface area contributed by atoms with Gasteiger partial charge in [-0.1, -0.05) is 24.3 Å². The zero-order valence-electron chi connectivity index (χ0n) is 19.7. The Labute approximate surface area is 211 Å². The van der Waals surface area contributed by atoms with E-state index in [4.69, 9.17) is 10.8 Å². The van der Waals surface area contributed by atoms with Crippen molar-refractivity contribution < 1.29 is 19.8 Å². The molecule has 0 aromatic heterocycles. The lowest BCUT2D eigenvalue weighted by molar-refractivity contribution is -0.147. The highest BCUT2D eigenvalue weighted by Crippen LogP contribution is 2.32. The van der Waals surface area contributed by atoms with Crippen LogP contribution in [0.2, 0.25) is 0 Å². The summed E-state index contributed by atoms with van der Waals surface area (Å²) in [7, 11) is 0. The fourth-order valence-corrected chi connectivity index (χ4v) is 3.26.